The molecule has 6 heteroatoms. The van der Waals surface area contributed by atoms with E-state index in [1.165, 1.54) is 4.90 Å². The first-order valence-electron chi connectivity index (χ1n) is 9.98. The van der Waals surface area contributed by atoms with Crippen LogP contribution in [0, 0.1) is 6.92 Å². The monoisotopic (exact) mass is 414 g/mol. The Morgan fingerprint density at radius 1 is 0.903 bits per heavy atom. The maximum absolute atomic E-state index is 13.4. The molecule has 1 aliphatic heterocycles. The Morgan fingerprint density at radius 3 is 2.19 bits per heavy atom. The number of anilines is 1. The predicted octanol–water partition coefficient (Wildman–Crippen LogP) is 3.95. The van der Waals surface area contributed by atoms with Crippen LogP contribution in [-0.2, 0) is 0 Å². The zero-order chi connectivity index (χ0) is 22.0. The molecule has 0 radical (unpaired) electrons. The molecule has 0 aromatic heterocycles. The fourth-order valence-corrected chi connectivity index (χ4v) is 3.73. The van der Waals surface area contributed by atoms with E-state index in [1.54, 1.807) is 66.6 Å². The summed E-state index contributed by atoms with van der Waals surface area (Å²) in [5.74, 6) is -0.271. The van der Waals surface area contributed by atoms with Gasteiger partial charge in [-0.05, 0) is 42.8 Å². The Balaban J connectivity index is 1.64. The highest BCUT2D eigenvalue weighted by atomic mass is 16.5. The molecule has 3 aromatic carbocycles. The molecular formula is C25H22N2O4. The number of amides is 3. The van der Waals surface area contributed by atoms with Crippen LogP contribution in [0.3, 0.4) is 0 Å². The fourth-order valence-electron chi connectivity index (χ4n) is 3.73. The van der Waals surface area contributed by atoms with E-state index in [0.29, 0.717) is 28.1 Å². The molecule has 1 heterocycles. The Morgan fingerprint density at radius 2 is 1.55 bits per heavy atom. The molecule has 0 saturated heterocycles. The molecule has 0 spiro atoms. The molecule has 6 nitrogen and oxygen atoms in total. The molecule has 31 heavy (non-hydrogen) atoms. The molecule has 0 unspecified atom stereocenters. The minimum Gasteiger partial charge on any atom is -0.497 e. The number of carbonyl (C=O) groups excluding carboxylic acids is 3. The van der Waals surface area contributed by atoms with Crippen molar-refractivity contribution in [3.63, 3.8) is 0 Å². The Bertz CT molecular complexity index is 1140. The lowest BCUT2D eigenvalue weighted by molar-refractivity contribution is 0.0654. The molecule has 4 rings (SSSR count). The summed E-state index contributed by atoms with van der Waals surface area (Å²) in [6.45, 7) is 2.12. The van der Waals surface area contributed by atoms with Crippen molar-refractivity contribution in [2.75, 3.05) is 25.1 Å². The van der Waals surface area contributed by atoms with Gasteiger partial charge in [-0.1, -0.05) is 36.4 Å². The van der Waals surface area contributed by atoms with Gasteiger partial charge in [-0.3, -0.25) is 19.3 Å². The van der Waals surface area contributed by atoms with Crippen LogP contribution in [-0.4, -0.2) is 42.8 Å². The van der Waals surface area contributed by atoms with Crippen LogP contribution >= 0.6 is 0 Å². The average Bonchev–Trinajstić information content (AvgIpc) is 3.04. The van der Waals surface area contributed by atoms with E-state index >= 15 is 0 Å². The number of nitrogens with zero attached hydrogens (tertiary/aromatic N) is 2. The summed E-state index contributed by atoms with van der Waals surface area (Å²) in [5, 5.41) is 0. The number of aryl methyl sites for hydroxylation is 1. The number of methoxy groups -OCH3 is 1. The second-order valence-electron chi connectivity index (χ2n) is 7.28. The van der Waals surface area contributed by atoms with E-state index in [9.17, 15) is 14.4 Å². The van der Waals surface area contributed by atoms with Crippen molar-refractivity contribution in [2.45, 2.75) is 6.92 Å². The summed E-state index contributed by atoms with van der Waals surface area (Å²) in [5.41, 5.74) is 2.83. The van der Waals surface area contributed by atoms with Crippen molar-refractivity contribution >= 4 is 23.4 Å². The number of imide groups is 1. The molecule has 0 fully saturated rings. The van der Waals surface area contributed by atoms with Gasteiger partial charge in [0.1, 0.15) is 5.75 Å². The van der Waals surface area contributed by atoms with Gasteiger partial charge in [-0.2, -0.15) is 0 Å². The van der Waals surface area contributed by atoms with Gasteiger partial charge in [0.15, 0.2) is 0 Å². The highest BCUT2D eigenvalue weighted by Gasteiger charge is 2.35. The van der Waals surface area contributed by atoms with E-state index < -0.39 is 0 Å². The van der Waals surface area contributed by atoms with E-state index in [4.69, 9.17) is 4.74 Å². The molecule has 0 bridgehead atoms. The van der Waals surface area contributed by atoms with Crippen molar-refractivity contribution in [1.82, 2.24) is 4.90 Å². The minimum absolute atomic E-state index is 0.0845. The van der Waals surface area contributed by atoms with Gasteiger partial charge < -0.3 is 9.64 Å². The number of hydrogen-bond donors (Lipinski definition) is 0. The summed E-state index contributed by atoms with van der Waals surface area (Å²) in [4.78, 5) is 41.7. The van der Waals surface area contributed by atoms with Crippen LogP contribution in [0.15, 0.2) is 72.8 Å². The quantitative estimate of drug-likeness (QED) is 0.573. The van der Waals surface area contributed by atoms with E-state index in [0.717, 1.165) is 5.56 Å². The highest BCUT2D eigenvalue weighted by Crippen LogP contribution is 2.26. The predicted molar refractivity (Wildman–Crippen MR) is 118 cm³/mol. The van der Waals surface area contributed by atoms with E-state index in [-0.39, 0.29) is 30.8 Å². The number of ether oxygens (including phenoxy) is 1. The molecule has 3 amide bonds. The van der Waals surface area contributed by atoms with Crippen molar-refractivity contribution in [2.24, 2.45) is 0 Å². The van der Waals surface area contributed by atoms with Gasteiger partial charge in [0.25, 0.3) is 17.7 Å². The standard InChI is InChI=1S/C25H22N2O4/c1-17-8-3-4-11-20(17)23(28)26(18-9-7-10-19(16-18)31-2)14-15-27-24(29)21-12-5-6-13-22(21)25(27)30/h3-13,16H,14-15H2,1-2H3. The van der Waals surface area contributed by atoms with Crippen molar-refractivity contribution in [3.05, 3.63) is 95.1 Å². The SMILES string of the molecule is COc1cccc(N(CCN2C(=O)c3ccccc3C2=O)C(=O)c2ccccc2C)c1. The van der Waals surface area contributed by atoms with Gasteiger partial charge in [0.2, 0.25) is 0 Å². The lowest BCUT2D eigenvalue weighted by Gasteiger charge is -2.26. The highest BCUT2D eigenvalue weighted by molar-refractivity contribution is 6.21. The zero-order valence-electron chi connectivity index (χ0n) is 17.4. The largest absolute Gasteiger partial charge is 0.497 e. The molecular weight excluding hydrogens is 392 g/mol. The first kappa shape index (κ1) is 20.3. The zero-order valence-corrected chi connectivity index (χ0v) is 17.4. The maximum atomic E-state index is 13.4. The van der Waals surface area contributed by atoms with Crippen LogP contribution in [0.1, 0.15) is 36.6 Å². The number of rotatable bonds is 6. The van der Waals surface area contributed by atoms with Crippen LogP contribution in [0.2, 0.25) is 0 Å². The average molecular weight is 414 g/mol. The number of fused-ring (bicyclic) bond motifs is 1. The van der Waals surface area contributed by atoms with Gasteiger partial charge >= 0.3 is 0 Å². The summed E-state index contributed by atoms with van der Waals surface area (Å²) in [6, 6.07) is 21.3. The van der Waals surface area contributed by atoms with Gasteiger partial charge in [-0.15, -0.1) is 0 Å². The first-order chi connectivity index (χ1) is 15.0. The van der Waals surface area contributed by atoms with Gasteiger partial charge in [0, 0.05) is 30.4 Å². The number of benzene rings is 3. The van der Waals surface area contributed by atoms with Crippen LogP contribution in [0.25, 0.3) is 0 Å². The van der Waals surface area contributed by atoms with Gasteiger partial charge in [-0.25, -0.2) is 0 Å². The lowest BCUT2D eigenvalue weighted by Crippen LogP contribution is -2.41. The van der Waals surface area contributed by atoms with E-state index in [1.807, 2.05) is 25.1 Å². The third-order valence-electron chi connectivity index (χ3n) is 5.41. The van der Waals surface area contributed by atoms with Crippen LogP contribution in [0.4, 0.5) is 5.69 Å². The molecule has 0 N–H and O–H groups in total. The Kier molecular flexibility index (Phi) is 5.54. The maximum Gasteiger partial charge on any atom is 0.261 e. The second-order valence-corrected chi connectivity index (χ2v) is 7.28. The molecule has 0 saturated carbocycles. The molecule has 156 valence electrons. The second kappa shape index (κ2) is 8.44. The summed E-state index contributed by atoms with van der Waals surface area (Å²) >= 11 is 0. The summed E-state index contributed by atoms with van der Waals surface area (Å²) < 4.78 is 5.31. The third-order valence-corrected chi connectivity index (χ3v) is 5.41. The Hall–Kier alpha value is -3.93. The van der Waals surface area contributed by atoms with Crippen LogP contribution < -0.4 is 9.64 Å². The van der Waals surface area contributed by atoms with Crippen molar-refractivity contribution < 1.29 is 19.1 Å². The normalized spacial score (nSPS) is 12.6. The number of hydrogen-bond acceptors (Lipinski definition) is 4. The lowest BCUT2D eigenvalue weighted by atomic mass is 10.1. The first-order valence-corrected chi connectivity index (χ1v) is 9.98. The fraction of sp³-hybridized carbons (Fsp3) is 0.160. The van der Waals surface area contributed by atoms with Crippen molar-refractivity contribution in [1.29, 1.82) is 0 Å². The third kappa shape index (κ3) is 3.80. The molecule has 1 aliphatic rings. The summed E-state index contributed by atoms with van der Waals surface area (Å²) in [7, 11) is 1.56. The number of carbonyl (C=O) groups is 3. The Labute approximate surface area is 180 Å². The smallest absolute Gasteiger partial charge is 0.261 e. The topological polar surface area (TPSA) is 66.9 Å². The van der Waals surface area contributed by atoms with Crippen molar-refractivity contribution in [3.8, 4) is 5.75 Å². The molecule has 0 aliphatic carbocycles. The molecule has 3 aromatic rings. The molecule has 0 atom stereocenters. The summed E-state index contributed by atoms with van der Waals surface area (Å²) in [6.07, 6.45) is 0. The minimum atomic E-state index is -0.338. The van der Waals surface area contributed by atoms with Crippen LogP contribution in [0.5, 0.6) is 5.75 Å². The van der Waals surface area contributed by atoms with E-state index in [2.05, 4.69) is 0 Å². The van der Waals surface area contributed by atoms with Gasteiger partial charge in [0.05, 0.1) is 18.2 Å².